The smallest absolute Gasteiger partial charge is 0.223 e. The summed E-state index contributed by atoms with van der Waals surface area (Å²) in [5, 5.41) is 6.74. The van der Waals surface area contributed by atoms with Gasteiger partial charge in [-0.2, -0.15) is 0 Å². The van der Waals surface area contributed by atoms with Gasteiger partial charge >= 0.3 is 0 Å². The van der Waals surface area contributed by atoms with E-state index in [1.165, 1.54) is 28.9 Å². The number of nitrogens with one attached hydrogen (secondary N) is 2. The maximum Gasteiger partial charge on any atom is 0.223 e. The topological polar surface area (TPSA) is 56.7 Å². The summed E-state index contributed by atoms with van der Waals surface area (Å²) in [6, 6.07) is 18.9. The molecule has 0 unspecified atom stereocenters. The number of benzene rings is 2. The van der Waals surface area contributed by atoms with Crippen LogP contribution in [0.15, 0.2) is 64.5 Å². The van der Waals surface area contributed by atoms with Crippen molar-refractivity contribution in [1.82, 2.24) is 15.5 Å². The quantitative estimate of drug-likeness (QED) is 0.352. The van der Waals surface area contributed by atoms with E-state index in [-0.39, 0.29) is 10.7 Å². The van der Waals surface area contributed by atoms with Crippen LogP contribution in [0.4, 0.5) is 0 Å². The molecule has 0 atom stereocenters. The molecule has 0 saturated heterocycles. The second kappa shape index (κ2) is 10.2. The van der Waals surface area contributed by atoms with Crippen molar-refractivity contribution in [1.29, 1.82) is 0 Å². The number of hydrogen-bond donors (Lipinski definition) is 2. The fraction of sp³-hybridized carbons (Fsp3) is 0.440. The summed E-state index contributed by atoms with van der Waals surface area (Å²) in [6.45, 7) is 5.96. The fourth-order valence-electron chi connectivity index (χ4n) is 3.85. The number of nitrogens with zero attached hydrogens (tertiary/aromatic N) is 2. The lowest BCUT2D eigenvalue weighted by Crippen LogP contribution is -2.38. The summed E-state index contributed by atoms with van der Waals surface area (Å²) in [7, 11) is 0. The van der Waals surface area contributed by atoms with Crippen LogP contribution in [0.1, 0.15) is 43.7 Å². The summed E-state index contributed by atoms with van der Waals surface area (Å²) in [5.41, 5.74) is 2.55. The van der Waals surface area contributed by atoms with Crippen molar-refractivity contribution in [2.24, 2.45) is 4.99 Å². The summed E-state index contributed by atoms with van der Waals surface area (Å²) in [6.07, 6.45) is 3.79. The number of aliphatic imine (C=N–C) groups is 1. The lowest BCUT2D eigenvalue weighted by molar-refractivity contribution is -0.131. The van der Waals surface area contributed by atoms with Crippen molar-refractivity contribution in [3.63, 3.8) is 0 Å². The van der Waals surface area contributed by atoms with Crippen LogP contribution >= 0.6 is 11.8 Å². The van der Waals surface area contributed by atoms with E-state index in [2.05, 4.69) is 60.0 Å². The van der Waals surface area contributed by atoms with Gasteiger partial charge in [0.05, 0.1) is 6.54 Å². The number of thioether (sulfide) groups is 1. The first-order chi connectivity index (χ1) is 15.2. The maximum atomic E-state index is 12.6. The van der Waals surface area contributed by atoms with E-state index < -0.39 is 0 Å². The molecule has 2 N–H and O–H groups in total. The van der Waals surface area contributed by atoms with E-state index >= 15 is 0 Å². The highest BCUT2D eigenvalue weighted by molar-refractivity contribution is 8.01. The van der Waals surface area contributed by atoms with Gasteiger partial charge < -0.3 is 15.5 Å². The van der Waals surface area contributed by atoms with E-state index in [1.54, 1.807) is 0 Å². The van der Waals surface area contributed by atoms with E-state index in [0.29, 0.717) is 6.42 Å². The SMILES string of the molecule is CCNC(=NCC1(Sc2ccccc2)CC1)NCCCC(=O)N1Cc2ccccc2C1. The van der Waals surface area contributed by atoms with Gasteiger partial charge in [-0.05, 0) is 49.4 Å². The molecule has 0 bridgehead atoms. The van der Waals surface area contributed by atoms with Gasteiger partial charge in [0.25, 0.3) is 0 Å². The predicted octanol–water partition coefficient (Wildman–Crippen LogP) is 4.19. The van der Waals surface area contributed by atoms with Gasteiger partial charge in [-0.25, -0.2) is 0 Å². The van der Waals surface area contributed by atoms with E-state index in [1.807, 2.05) is 28.8 Å². The molecule has 2 aromatic rings. The van der Waals surface area contributed by atoms with Crippen molar-refractivity contribution in [2.75, 3.05) is 19.6 Å². The molecule has 0 radical (unpaired) electrons. The Morgan fingerprint density at radius 2 is 1.71 bits per heavy atom. The Kier molecular flexibility index (Phi) is 7.17. The molecule has 164 valence electrons. The van der Waals surface area contributed by atoms with Crippen LogP contribution in [0.2, 0.25) is 0 Å². The van der Waals surface area contributed by atoms with Crippen molar-refractivity contribution in [3.8, 4) is 0 Å². The number of carbonyl (C=O) groups is 1. The third kappa shape index (κ3) is 6.03. The minimum atomic E-state index is 0.233. The zero-order valence-corrected chi connectivity index (χ0v) is 19.1. The normalized spacial score (nSPS) is 16.7. The Morgan fingerprint density at radius 1 is 1.03 bits per heavy atom. The Labute approximate surface area is 189 Å². The minimum Gasteiger partial charge on any atom is -0.357 e. The molecular weight excluding hydrogens is 404 g/mol. The molecule has 1 heterocycles. The molecule has 1 saturated carbocycles. The molecule has 0 spiro atoms. The average Bonchev–Trinajstić information content (AvgIpc) is 3.41. The lowest BCUT2D eigenvalue weighted by Gasteiger charge is -2.17. The van der Waals surface area contributed by atoms with Crippen molar-refractivity contribution >= 4 is 23.6 Å². The van der Waals surface area contributed by atoms with Crippen LogP contribution in [-0.4, -0.2) is 41.1 Å². The van der Waals surface area contributed by atoms with Crippen LogP contribution in [0.25, 0.3) is 0 Å². The zero-order chi connectivity index (χ0) is 21.5. The molecule has 6 heteroatoms. The molecule has 2 aromatic carbocycles. The van der Waals surface area contributed by atoms with Crippen LogP contribution in [-0.2, 0) is 17.9 Å². The van der Waals surface area contributed by atoms with E-state index in [9.17, 15) is 4.79 Å². The second-order valence-electron chi connectivity index (χ2n) is 8.34. The standard InChI is InChI=1S/C25H32N4OS/c1-2-26-24(28-19-25(14-15-25)31-22-11-4-3-5-12-22)27-16-8-13-23(30)29-17-20-9-6-7-10-21(20)18-29/h3-7,9-12H,2,8,13-19H2,1H3,(H2,26,27,28). The molecule has 1 aliphatic heterocycles. The molecule has 0 aromatic heterocycles. The molecule has 1 aliphatic carbocycles. The van der Waals surface area contributed by atoms with Crippen LogP contribution in [0, 0.1) is 0 Å². The van der Waals surface area contributed by atoms with Crippen LogP contribution in [0.3, 0.4) is 0 Å². The van der Waals surface area contributed by atoms with Crippen molar-refractivity contribution in [2.45, 2.75) is 55.3 Å². The summed E-state index contributed by atoms with van der Waals surface area (Å²) < 4.78 is 0.241. The van der Waals surface area contributed by atoms with Gasteiger partial charge in [0, 0.05) is 42.2 Å². The average molecular weight is 437 g/mol. The fourth-order valence-corrected chi connectivity index (χ4v) is 5.08. The van der Waals surface area contributed by atoms with Gasteiger partial charge in [0.15, 0.2) is 5.96 Å². The molecule has 1 amide bonds. The molecule has 5 nitrogen and oxygen atoms in total. The number of hydrogen-bond acceptors (Lipinski definition) is 3. The van der Waals surface area contributed by atoms with Gasteiger partial charge in [-0.1, -0.05) is 42.5 Å². The van der Waals surface area contributed by atoms with Crippen LogP contribution < -0.4 is 10.6 Å². The molecular formula is C25H32N4OS. The first-order valence-corrected chi connectivity index (χ1v) is 12.1. The van der Waals surface area contributed by atoms with E-state index in [0.717, 1.165) is 45.1 Å². The van der Waals surface area contributed by atoms with E-state index in [4.69, 9.17) is 4.99 Å². The third-order valence-corrected chi connectivity index (χ3v) is 7.29. The highest BCUT2D eigenvalue weighted by Crippen LogP contribution is 2.51. The first kappa shape index (κ1) is 21.8. The Balaban J connectivity index is 1.20. The van der Waals surface area contributed by atoms with Crippen LogP contribution in [0.5, 0.6) is 0 Å². The largest absolute Gasteiger partial charge is 0.357 e. The number of rotatable bonds is 9. The monoisotopic (exact) mass is 436 g/mol. The molecule has 31 heavy (non-hydrogen) atoms. The Bertz CT molecular complexity index is 886. The van der Waals surface area contributed by atoms with Gasteiger partial charge in [-0.15, -0.1) is 11.8 Å². The number of carbonyl (C=O) groups excluding carboxylic acids is 1. The Morgan fingerprint density at radius 3 is 2.35 bits per heavy atom. The molecule has 2 aliphatic rings. The number of fused-ring (bicyclic) bond motifs is 1. The summed E-state index contributed by atoms with van der Waals surface area (Å²) in [5.74, 6) is 1.08. The zero-order valence-electron chi connectivity index (χ0n) is 18.3. The van der Waals surface area contributed by atoms with Crippen molar-refractivity contribution < 1.29 is 4.79 Å². The summed E-state index contributed by atoms with van der Waals surface area (Å²) in [4.78, 5) is 20.7. The number of amides is 1. The first-order valence-electron chi connectivity index (χ1n) is 11.3. The molecule has 4 rings (SSSR count). The third-order valence-electron chi connectivity index (χ3n) is 5.81. The summed E-state index contributed by atoms with van der Waals surface area (Å²) >= 11 is 1.95. The van der Waals surface area contributed by atoms with Gasteiger partial charge in [0.2, 0.25) is 5.91 Å². The van der Waals surface area contributed by atoms with Crippen molar-refractivity contribution in [3.05, 3.63) is 65.7 Å². The lowest BCUT2D eigenvalue weighted by atomic mass is 10.1. The van der Waals surface area contributed by atoms with Gasteiger partial charge in [0.1, 0.15) is 0 Å². The highest BCUT2D eigenvalue weighted by Gasteiger charge is 2.43. The highest BCUT2D eigenvalue weighted by atomic mass is 32.2. The maximum absolute atomic E-state index is 12.6. The Hall–Kier alpha value is -2.47. The number of guanidine groups is 1. The predicted molar refractivity (Wildman–Crippen MR) is 128 cm³/mol. The molecule has 1 fully saturated rings. The second-order valence-corrected chi connectivity index (χ2v) is 9.88. The minimum absolute atomic E-state index is 0.233. The van der Waals surface area contributed by atoms with Gasteiger partial charge in [-0.3, -0.25) is 9.79 Å².